The van der Waals surface area contributed by atoms with Crippen LogP contribution in [0.1, 0.15) is 37.4 Å². The zero-order valence-corrected chi connectivity index (χ0v) is 20.2. The Kier molecular flexibility index (Phi) is 10.9. The molecule has 164 valence electrons. The number of aliphatic imine (C=N–C) groups is 1. The topological polar surface area (TPSA) is 74.7 Å². The third-order valence-corrected chi connectivity index (χ3v) is 4.98. The molecule has 0 radical (unpaired) electrons. The lowest BCUT2D eigenvalue weighted by molar-refractivity contribution is 0.196. The van der Waals surface area contributed by atoms with Crippen molar-refractivity contribution in [2.75, 3.05) is 26.7 Å². The van der Waals surface area contributed by atoms with Gasteiger partial charge in [0.1, 0.15) is 0 Å². The second-order valence-electron chi connectivity index (χ2n) is 7.29. The average molecular weight is 524 g/mol. The fourth-order valence-corrected chi connectivity index (χ4v) is 3.34. The highest BCUT2D eigenvalue weighted by Gasteiger charge is 2.20. The van der Waals surface area contributed by atoms with Gasteiger partial charge in [0.2, 0.25) is 5.88 Å². The summed E-state index contributed by atoms with van der Waals surface area (Å²) in [4.78, 5) is 15.6. The lowest BCUT2D eigenvalue weighted by atomic mass is 10.0. The Balaban J connectivity index is 0.00000320. The minimum absolute atomic E-state index is 0. The Hall–Kier alpha value is -1.94. The van der Waals surface area contributed by atoms with Gasteiger partial charge in [-0.15, -0.1) is 24.0 Å². The molecule has 1 saturated heterocycles. The average Bonchev–Trinajstić information content (AvgIpc) is 2.78. The number of rotatable bonds is 8. The number of pyridine rings is 2. The number of nitrogens with one attached hydrogen (secondary N) is 2. The molecular formula is C22H33IN6O. The molecule has 2 N–H and O–H groups in total. The molecule has 0 aromatic carbocycles. The first-order chi connectivity index (χ1) is 14.3. The molecule has 30 heavy (non-hydrogen) atoms. The van der Waals surface area contributed by atoms with Crippen LogP contribution in [0.2, 0.25) is 0 Å². The van der Waals surface area contributed by atoms with Crippen molar-refractivity contribution in [2.45, 2.75) is 45.3 Å². The molecule has 7 nitrogen and oxygen atoms in total. The van der Waals surface area contributed by atoms with Crippen molar-refractivity contribution in [2.24, 2.45) is 4.99 Å². The smallest absolute Gasteiger partial charge is 0.213 e. The van der Waals surface area contributed by atoms with E-state index in [0.29, 0.717) is 25.1 Å². The Labute approximate surface area is 196 Å². The van der Waals surface area contributed by atoms with Crippen molar-refractivity contribution in [3.05, 3.63) is 54.0 Å². The summed E-state index contributed by atoms with van der Waals surface area (Å²) >= 11 is 0. The number of ether oxygens (including phenoxy) is 1. The summed E-state index contributed by atoms with van der Waals surface area (Å²) in [5.74, 6) is 1.51. The van der Waals surface area contributed by atoms with E-state index in [4.69, 9.17) is 4.74 Å². The minimum atomic E-state index is 0. The van der Waals surface area contributed by atoms with Crippen molar-refractivity contribution in [1.29, 1.82) is 0 Å². The second-order valence-corrected chi connectivity index (χ2v) is 7.29. The molecule has 1 fully saturated rings. The predicted octanol–water partition coefficient (Wildman–Crippen LogP) is 3.21. The summed E-state index contributed by atoms with van der Waals surface area (Å²) in [6.07, 6.45) is 6.88. The molecular weight excluding hydrogens is 491 g/mol. The molecule has 0 aliphatic carbocycles. The lowest BCUT2D eigenvalue weighted by Crippen LogP contribution is -2.48. The van der Waals surface area contributed by atoms with Crippen LogP contribution >= 0.6 is 24.0 Å². The van der Waals surface area contributed by atoms with E-state index < -0.39 is 0 Å². The van der Waals surface area contributed by atoms with Crippen LogP contribution in [0.25, 0.3) is 0 Å². The van der Waals surface area contributed by atoms with Crippen molar-refractivity contribution in [3.63, 3.8) is 0 Å². The molecule has 2 aromatic heterocycles. The molecule has 0 amide bonds. The molecule has 2 aromatic rings. The summed E-state index contributed by atoms with van der Waals surface area (Å²) in [7, 11) is 1.81. The van der Waals surface area contributed by atoms with Gasteiger partial charge in [0.15, 0.2) is 5.96 Å². The number of hydrogen-bond donors (Lipinski definition) is 2. The summed E-state index contributed by atoms with van der Waals surface area (Å²) < 4.78 is 5.53. The van der Waals surface area contributed by atoms with Gasteiger partial charge in [-0.3, -0.25) is 14.9 Å². The third-order valence-electron chi connectivity index (χ3n) is 4.98. The van der Waals surface area contributed by atoms with Crippen molar-refractivity contribution in [1.82, 2.24) is 25.5 Å². The molecule has 0 saturated carbocycles. The number of nitrogens with zero attached hydrogens (tertiary/aromatic N) is 4. The monoisotopic (exact) mass is 524 g/mol. The van der Waals surface area contributed by atoms with E-state index >= 15 is 0 Å². The predicted molar refractivity (Wildman–Crippen MR) is 131 cm³/mol. The lowest BCUT2D eigenvalue weighted by Gasteiger charge is -2.32. The first-order valence-corrected chi connectivity index (χ1v) is 10.4. The molecule has 3 heterocycles. The number of likely N-dealkylation sites (tertiary alicyclic amines) is 1. The third kappa shape index (κ3) is 8.06. The Morgan fingerprint density at radius 3 is 2.67 bits per heavy atom. The fourth-order valence-electron chi connectivity index (χ4n) is 3.34. The maximum atomic E-state index is 5.53. The highest BCUT2D eigenvalue weighted by molar-refractivity contribution is 14.0. The van der Waals surface area contributed by atoms with Gasteiger partial charge in [-0.25, -0.2) is 4.98 Å². The molecule has 0 spiro atoms. The second kappa shape index (κ2) is 13.4. The van der Waals surface area contributed by atoms with Crippen molar-refractivity contribution in [3.8, 4) is 5.88 Å². The Bertz CT molecular complexity index is 748. The van der Waals surface area contributed by atoms with Crippen LogP contribution in [0, 0.1) is 0 Å². The van der Waals surface area contributed by atoms with Crippen LogP contribution in [0.15, 0.2) is 47.7 Å². The molecule has 1 aliphatic rings. The minimum Gasteiger partial charge on any atom is -0.478 e. The molecule has 1 aliphatic heterocycles. The van der Waals surface area contributed by atoms with Crippen molar-refractivity contribution >= 4 is 29.9 Å². The van der Waals surface area contributed by atoms with Gasteiger partial charge in [-0.1, -0.05) is 19.1 Å². The summed E-state index contributed by atoms with van der Waals surface area (Å²) in [5.41, 5.74) is 2.23. The summed E-state index contributed by atoms with van der Waals surface area (Å²) in [5, 5.41) is 6.93. The van der Waals surface area contributed by atoms with E-state index in [0.717, 1.165) is 56.1 Å². The summed E-state index contributed by atoms with van der Waals surface area (Å²) in [6.45, 7) is 6.51. The van der Waals surface area contributed by atoms with Crippen LogP contribution in [-0.4, -0.2) is 53.6 Å². The first kappa shape index (κ1) is 24.3. The van der Waals surface area contributed by atoms with Crippen LogP contribution in [-0.2, 0) is 13.1 Å². The Morgan fingerprint density at radius 2 is 2.03 bits per heavy atom. The standard InChI is InChI=1S/C22H32N6O.HI/c1-3-14-29-21-8-7-18(15-25-21)16-26-22(23-2)27-19-9-12-28(13-10-19)17-20-6-4-5-11-24-20;/h4-8,11,15,19H,3,9-10,12-14,16-17H2,1-2H3,(H2,23,26,27);1H. The van der Waals surface area contributed by atoms with E-state index in [1.165, 1.54) is 0 Å². The SMILES string of the molecule is CCCOc1ccc(CNC(=NC)NC2CCN(Cc3ccccn3)CC2)cn1.I. The maximum absolute atomic E-state index is 5.53. The van der Waals surface area contributed by atoms with Gasteiger partial charge < -0.3 is 15.4 Å². The van der Waals surface area contributed by atoms with E-state index in [-0.39, 0.29) is 24.0 Å². The van der Waals surface area contributed by atoms with Gasteiger partial charge in [-0.2, -0.15) is 0 Å². The first-order valence-electron chi connectivity index (χ1n) is 10.4. The van der Waals surface area contributed by atoms with Gasteiger partial charge in [0, 0.05) is 57.7 Å². The van der Waals surface area contributed by atoms with E-state index in [1.807, 2.05) is 43.7 Å². The number of piperidine rings is 1. The fraction of sp³-hybridized carbons (Fsp3) is 0.500. The number of guanidine groups is 1. The van der Waals surface area contributed by atoms with Crippen LogP contribution in [0.5, 0.6) is 5.88 Å². The van der Waals surface area contributed by atoms with Crippen LogP contribution in [0.3, 0.4) is 0 Å². The highest BCUT2D eigenvalue weighted by Crippen LogP contribution is 2.13. The number of halogens is 1. The van der Waals surface area contributed by atoms with E-state index in [9.17, 15) is 0 Å². The van der Waals surface area contributed by atoms with Gasteiger partial charge >= 0.3 is 0 Å². The quantitative estimate of drug-likeness (QED) is 0.314. The molecule has 0 bridgehead atoms. The van der Waals surface area contributed by atoms with Crippen molar-refractivity contribution < 1.29 is 4.74 Å². The van der Waals surface area contributed by atoms with Gasteiger partial charge in [0.05, 0.1) is 12.3 Å². The number of aromatic nitrogens is 2. The highest BCUT2D eigenvalue weighted by atomic mass is 127. The maximum Gasteiger partial charge on any atom is 0.213 e. The Morgan fingerprint density at radius 1 is 1.20 bits per heavy atom. The molecule has 8 heteroatoms. The van der Waals surface area contributed by atoms with E-state index in [1.54, 1.807) is 0 Å². The molecule has 0 unspecified atom stereocenters. The largest absolute Gasteiger partial charge is 0.478 e. The molecule has 0 atom stereocenters. The van der Waals surface area contributed by atoms with Gasteiger partial charge in [0.25, 0.3) is 0 Å². The normalized spacial score (nSPS) is 15.3. The summed E-state index contributed by atoms with van der Waals surface area (Å²) in [6, 6.07) is 10.5. The van der Waals surface area contributed by atoms with E-state index in [2.05, 4.69) is 43.5 Å². The van der Waals surface area contributed by atoms with Crippen LogP contribution < -0.4 is 15.4 Å². The molecule has 3 rings (SSSR count). The van der Waals surface area contributed by atoms with Crippen LogP contribution in [0.4, 0.5) is 0 Å². The zero-order valence-electron chi connectivity index (χ0n) is 17.9. The number of hydrogen-bond acceptors (Lipinski definition) is 5. The van der Waals surface area contributed by atoms with Gasteiger partial charge in [-0.05, 0) is 37.0 Å². The zero-order chi connectivity index (χ0) is 20.3.